The molecule has 2 aromatic rings. The number of amides is 1. The molecule has 0 bridgehead atoms. The Morgan fingerprint density at radius 1 is 1.36 bits per heavy atom. The SMILES string of the molecule is CC1CC(NC(=O)c2cc(Cc3ccccc3)[nH]n2)CCN1. The number of hydrogen-bond donors (Lipinski definition) is 3. The Labute approximate surface area is 130 Å². The molecule has 2 heterocycles. The summed E-state index contributed by atoms with van der Waals surface area (Å²) in [5.74, 6) is -0.0883. The van der Waals surface area contributed by atoms with E-state index in [1.165, 1.54) is 5.56 Å². The van der Waals surface area contributed by atoms with Gasteiger partial charge in [-0.3, -0.25) is 9.89 Å². The zero-order valence-electron chi connectivity index (χ0n) is 12.8. The number of nitrogens with one attached hydrogen (secondary N) is 3. The van der Waals surface area contributed by atoms with Gasteiger partial charge in [0.25, 0.3) is 5.91 Å². The molecule has 5 nitrogen and oxygen atoms in total. The number of H-pyrrole nitrogens is 1. The van der Waals surface area contributed by atoms with Crippen LogP contribution in [0.4, 0.5) is 0 Å². The molecule has 2 atom stereocenters. The summed E-state index contributed by atoms with van der Waals surface area (Å²) in [6, 6.07) is 12.7. The van der Waals surface area contributed by atoms with Gasteiger partial charge in [0.05, 0.1) is 0 Å². The van der Waals surface area contributed by atoms with E-state index >= 15 is 0 Å². The largest absolute Gasteiger partial charge is 0.348 e. The molecule has 2 unspecified atom stereocenters. The summed E-state index contributed by atoms with van der Waals surface area (Å²) in [5.41, 5.74) is 2.62. The molecule has 5 heteroatoms. The van der Waals surface area contributed by atoms with Crippen LogP contribution in [0.2, 0.25) is 0 Å². The lowest BCUT2D eigenvalue weighted by molar-refractivity contribution is 0.0920. The molecular weight excluding hydrogens is 276 g/mol. The van der Waals surface area contributed by atoms with E-state index in [9.17, 15) is 4.79 Å². The van der Waals surface area contributed by atoms with Crippen molar-refractivity contribution in [2.24, 2.45) is 0 Å². The van der Waals surface area contributed by atoms with Crippen LogP contribution in [0.1, 0.15) is 41.5 Å². The highest BCUT2D eigenvalue weighted by Crippen LogP contribution is 2.11. The van der Waals surface area contributed by atoms with Crippen LogP contribution in [0.15, 0.2) is 36.4 Å². The van der Waals surface area contributed by atoms with Crippen molar-refractivity contribution in [1.29, 1.82) is 0 Å². The van der Waals surface area contributed by atoms with E-state index in [4.69, 9.17) is 0 Å². The first-order chi connectivity index (χ1) is 10.7. The van der Waals surface area contributed by atoms with E-state index in [1.807, 2.05) is 24.3 Å². The molecule has 1 amide bonds. The van der Waals surface area contributed by atoms with Gasteiger partial charge in [-0.05, 0) is 37.9 Å². The summed E-state index contributed by atoms with van der Waals surface area (Å²) in [6.45, 7) is 3.09. The molecule has 1 aromatic heterocycles. The van der Waals surface area contributed by atoms with Gasteiger partial charge in [0.1, 0.15) is 5.69 Å². The number of benzene rings is 1. The second-order valence-electron chi connectivity index (χ2n) is 5.99. The van der Waals surface area contributed by atoms with Crippen molar-refractivity contribution >= 4 is 5.91 Å². The van der Waals surface area contributed by atoms with E-state index < -0.39 is 0 Å². The lowest BCUT2D eigenvalue weighted by Crippen LogP contribution is -2.46. The van der Waals surface area contributed by atoms with Crippen LogP contribution in [-0.2, 0) is 6.42 Å². The van der Waals surface area contributed by atoms with Crippen molar-refractivity contribution in [3.63, 3.8) is 0 Å². The molecular formula is C17H22N4O. The van der Waals surface area contributed by atoms with Crippen LogP contribution < -0.4 is 10.6 Å². The maximum atomic E-state index is 12.3. The summed E-state index contributed by atoms with van der Waals surface area (Å²) in [4.78, 5) is 12.3. The molecule has 116 valence electrons. The molecule has 3 rings (SSSR count). The van der Waals surface area contributed by atoms with Gasteiger partial charge < -0.3 is 10.6 Å². The summed E-state index contributed by atoms with van der Waals surface area (Å²) < 4.78 is 0. The Hall–Kier alpha value is -2.14. The van der Waals surface area contributed by atoms with Gasteiger partial charge >= 0.3 is 0 Å². The fourth-order valence-electron chi connectivity index (χ4n) is 2.91. The average molecular weight is 298 g/mol. The lowest BCUT2D eigenvalue weighted by Gasteiger charge is -2.28. The minimum atomic E-state index is -0.0883. The van der Waals surface area contributed by atoms with Gasteiger partial charge in [-0.1, -0.05) is 30.3 Å². The number of carbonyl (C=O) groups excluding carboxylic acids is 1. The normalized spacial score (nSPS) is 21.5. The molecule has 0 radical (unpaired) electrons. The minimum Gasteiger partial charge on any atom is -0.348 e. The third-order valence-corrected chi connectivity index (χ3v) is 4.06. The Kier molecular flexibility index (Phi) is 4.53. The van der Waals surface area contributed by atoms with Crippen LogP contribution in [0, 0.1) is 0 Å². The predicted molar refractivity (Wildman–Crippen MR) is 85.8 cm³/mol. The molecule has 3 N–H and O–H groups in total. The van der Waals surface area contributed by atoms with E-state index in [0.717, 1.165) is 31.5 Å². The first-order valence-corrected chi connectivity index (χ1v) is 7.83. The zero-order chi connectivity index (χ0) is 15.4. The number of piperidine rings is 1. The topological polar surface area (TPSA) is 69.8 Å². The average Bonchev–Trinajstić information content (AvgIpc) is 2.97. The van der Waals surface area contributed by atoms with Crippen molar-refractivity contribution in [1.82, 2.24) is 20.8 Å². The Morgan fingerprint density at radius 3 is 2.95 bits per heavy atom. The van der Waals surface area contributed by atoms with Crippen LogP contribution in [0.25, 0.3) is 0 Å². The number of hydrogen-bond acceptors (Lipinski definition) is 3. The number of aromatic nitrogens is 2. The first kappa shape index (κ1) is 14.8. The number of nitrogens with zero attached hydrogens (tertiary/aromatic N) is 1. The second kappa shape index (κ2) is 6.75. The second-order valence-corrected chi connectivity index (χ2v) is 5.99. The third kappa shape index (κ3) is 3.74. The molecule has 1 aliphatic rings. The van der Waals surface area contributed by atoms with Gasteiger partial charge in [0.2, 0.25) is 0 Å². The van der Waals surface area contributed by atoms with Gasteiger partial charge in [-0.2, -0.15) is 5.10 Å². The van der Waals surface area contributed by atoms with Crippen LogP contribution >= 0.6 is 0 Å². The number of carbonyl (C=O) groups is 1. The minimum absolute atomic E-state index is 0.0883. The van der Waals surface area contributed by atoms with Gasteiger partial charge in [0.15, 0.2) is 0 Å². The van der Waals surface area contributed by atoms with Crippen molar-refractivity contribution < 1.29 is 4.79 Å². The Morgan fingerprint density at radius 2 is 2.18 bits per heavy atom. The molecule has 22 heavy (non-hydrogen) atoms. The fourth-order valence-corrected chi connectivity index (χ4v) is 2.91. The summed E-state index contributed by atoms with van der Waals surface area (Å²) in [7, 11) is 0. The monoisotopic (exact) mass is 298 g/mol. The summed E-state index contributed by atoms with van der Waals surface area (Å²) in [5, 5.41) is 13.6. The van der Waals surface area contributed by atoms with E-state index in [1.54, 1.807) is 0 Å². The summed E-state index contributed by atoms with van der Waals surface area (Å²) >= 11 is 0. The van der Waals surface area contributed by atoms with Crippen molar-refractivity contribution in [3.8, 4) is 0 Å². The molecule has 1 saturated heterocycles. The predicted octanol–water partition coefficient (Wildman–Crippen LogP) is 1.87. The van der Waals surface area contributed by atoms with E-state index in [2.05, 4.69) is 39.9 Å². The molecule has 1 aliphatic heterocycles. The number of rotatable bonds is 4. The standard InChI is InChI=1S/C17H22N4O/c1-12-9-14(7-8-18-12)19-17(22)16-11-15(20-21-16)10-13-5-3-2-4-6-13/h2-6,11-12,14,18H,7-10H2,1H3,(H,19,22)(H,20,21). The van der Waals surface area contributed by atoms with Crippen LogP contribution in [0.5, 0.6) is 0 Å². The fraction of sp³-hybridized carbons (Fsp3) is 0.412. The zero-order valence-corrected chi connectivity index (χ0v) is 12.8. The lowest BCUT2D eigenvalue weighted by atomic mass is 10.0. The molecule has 0 saturated carbocycles. The first-order valence-electron chi connectivity index (χ1n) is 7.83. The maximum absolute atomic E-state index is 12.3. The molecule has 0 aliphatic carbocycles. The van der Waals surface area contributed by atoms with Crippen LogP contribution in [-0.4, -0.2) is 34.7 Å². The van der Waals surface area contributed by atoms with E-state index in [0.29, 0.717) is 11.7 Å². The van der Waals surface area contributed by atoms with Gasteiger partial charge in [0, 0.05) is 24.2 Å². The smallest absolute Gasteiger partial charge is 0.271 e. The highest BCUT2D eigenvalue weighted by molar-refractivity contribution is 5.92. The van der Waals surface area contributed by atoms with Crippen LogP contribution in [0.3, 0.4) is 0 Å². The van der Waals surface area contributed by atoms with Gasteiger partial charge in [-0.25, -0.2) is 0 Å². The van der Waals surface area contributed by atoms with Crippen molar-refractivity contribution in [2.45, 2.75) is 38.3 Å². The highest BCUT2D eigenvalue weighted by atomic mass is 16.2. The summed E-state index contributed by atoms with van der Waals surface area (Å²) in [6.07, 6.45) is 2.69. The van der Waals surface area contributed by atoms with E-state index in [-0.39, 0.29) is 11.9 Å². The molecule has 1 aromatic carbocycles. The van der Waals surface area contributed by atoms with Gasteiger partial charge in [-0.15, -0.1) is 0 Å². The maximum Gasteiger partial charge on any atom is 0.271 e. The highest BCUT2D eigenvalue weighted by Gasteiger charge is 2.21. The molecule has 0 spiro atoms. The quantitative estimate of drug-likeness (QED) is 0.807. The number of aromatic amines is 1. The van der Waals surface area contributed by atoms with Crippen molar-refractivity contribution in [2.75, 3.05) is 6.54 Å². The third-order valence-electron chi connectivity index (χ3n) is 4.06. The Bertz CT molecular complexity index is 623. The van der Waals surface area contributed by atoms with Crippen molar-refractivity contribution in [3.05, 3.63) is 53.3 Å². The molecule has 1 fully saturated rings. The Balaban J connectivity index is 1.59.